The maximum absolute atomic E-state index is 5.66. The maximum Gasteiger partial charge on any atom is 0.163 e. The highest BCUT2D eigenvalue weighted by Crippen LogP contribution is 2.21. The summed E-state index contributed by atoms with van der Waals surface area (Å²) in [6, 6.07) is 0. The summed E-state index contributed by atoms with van der Waals surface area (Å²) >= 11 is 0. The van der Waals surface area contributed by atoms with E-state index in [4.69, 9.17) is 9.47 Å². The predicted molar refractivity (Wildman–Crippen MR) is 52.7 cm³/mol. The van der Waals surface area contributed by atoms with E-state index in [9.17, 15) is 0 Å². The summed E-state index contributed by atoms with van der Waals surface area (Å²) in [6.45, 7) is 11.9. The monoisotopic (exact) mass is 187 g/mol. The molecule has 0 radical (unpaired) electrons. The van der Waals surface area contributed by atoms with E-state index in [0.717, 1.165) is 6.54 Å². The molecular formula is C10H21NO2. The quantitative estimate of drug-likeness (QED) is 0.711. The minimum absolute atomic E-state index is 0.149. The van der Waals surface area contributed by atoms with Crippen molar-refractivity contribution in [3.8, 4) is 0 Å². The highest BCUT2D eigenvalue weighted by molar-refractivity contribution is 4.77. The van der Waals surface area contributed by atoms with Crippen LogP contribution in [0.1, 0.15) is 34.6 Å². The number of ether oxygens (including phenoxy) is 2. The van der Waals surface area contributed by atoms with Crippen molar-refractivity contribution < 1.29 is 9.47 Å². The van der Waals surface area contributed by atoms with Crippen molar-refractivity contribution in [2.24, 2.45) is 0 Å². The number of nitrogens with one attached hydrogen (secondary N) is 1. The van der Waals surface area contributed by atoms with Crippen molar-refractivity contribution in [3.63, 3.8) is 0 Å². The number of hydrogen-bond donors (Lipinski definition) is 1. The van der Waals surface area contributed by atoms with Crippen LogP contribution < -0.4 is 5.32 Å². The fourth-order valence-corrected chi connectivity index (χ4v) is 1.28. The van der Waals surface area contributed by atoms with Gasteiger partial charge in [-0.2, -0.15) is 0 Å². The van der Waals surface area contributed by atoms with E-state index < -0.39 is 5.79 Å². The second kappa shape index (κ2) is 3.56. The van der Waals surface area contributed by atoms with Gasteiger partial charge < -0.3 is 14.8 Å². The van der Waals surface area contributed by atoms with E-state index in [-0.39, 0.29) is 11.6 Å². The lowest BCUT2D eigenvalue weighted by Crippen LogP contribution is -2.41. The average molecular weight is 187 g/mol. The van der Waals surface area contributed by atoms with Gasteiger partial charge >= 0.3 is 0 Å². The minimum atomic E-state index is -0.399. The van der Waals surface area contributed by atoms with Crippen molar-refractivity contribution in [3.05, 3.63) is 0 Å². The topological polar surface area (TPSA) is 30.5 Å². The van der Waals surface area contributed by atoms with Gasteiger partial charge in [-0.25, -0.2) is 0 Å². The first-order valence-corrected chi connectivity index (χ1v) is 4.85. The van der Waals surface area contributed by atoms with E-state index in [2.05, 4.69) is 26.1 Å². The molecule has 0 spiro atoms. The zero-order valence-corrected chi connectivity index (χ0v) is 9.31. The average Bonchev–Trinajstić information content (AvgIpc) is 2.24. The lowest BCUT2D eigenvalue weighted by Gasteiger charge is -2.23. The molecule has 1 rings (SSSR count). The molecule has 1 N–H and O–H groups in total. The van der Waals surface area contributed by atoms with Crippen molar-refractivity contribution in [1.82, 2.24) is 5.32 Å². The van der Waals surface area contributed by atoms with Crippen LogP contribution >= 0.6 is 0 Å². The van der Waals surface area contributed by atoms with Crippen LogP contribution in [0, 0.1) is 0 Å². The molecule has 1 unspecified atom stereocenters. The third kappa shape index (κ3) is 4.07. The smallest absolute Gasteiger partial charge is 0.163 e. The largest absolute Gasteiger partial charge is 0.348 e. The fourth-order valence-electron chi connectivity index (χ4n) is 1.28. The Morgan fingerprint density at radius 1 is 1.38 bits per heavy atom. The molecule has 78 valence electrons. The van der Waals surface area contributed by atoms with Gasteiger partial charge in [0, 0.05) is 12.1 Å². The van der Waals surface area contributed by atoms with Gasteiger partial charge in [-0.1, -0.05) is 0 Å². The van der Waals surface area contributed by atoms with E-state index in [0.29, 0.717) is 6.61 Å². The SMILES string of the molecule is CC(C)(C)NCC1COC(C)(C)O1. The van der Waals surface area contributed by atoms with Crippen LogP contribution in [0.15, 0.2) is 0 Å². The van der Waals surface area contributed by atoms with Crippen LogP contribution in [0.2, 0.25) is 0 Å². The first kappa shape index (κ1) is 11.0. The number of hydrogen-bond acceptors (Lipinski definition) is 3. The zero-order chi connectivity index (χ0) is 10.1. The van der Waals surface area contributed by atoms with E-state index in [1.165, 1.54) is 0 Å². The van der Waals surface area contributed by atoms with Gasteiger partial charge in [0.2, 0.25) is 0 Å². The van der Waals surface area contributed by atoms with Crippen molar-refractivity contribution in [2.45, 2.75) is 52.0 Å². The van der Waals surface area contributed by atoms with Crippen molar-refractivity contribution in [2.75, 3.05) is 13.2 Å². The Hall–Kier alpha value is -0.120. The summed E-state index contributed by atoms with van der Waals surface area (Å²) in [7, 11) is 0. The zero-order valence-electron chi connectivity index (χ0n) is 9.31. The lowest BCUT2D eigenvalue weighted by atomic mass is 10.1. The molecule has 1 aliphatic heterocycles. The molecule has 0 aromatic heterocycles. The fraction of sp³-hybridized carbons (Fsp3) is 1.00. The second-order valence-electron chi connectivity index (χ2n) is 5.08. The molecule has 0 aromatic carbocycles. The van der Waals surface area contributed by atoms with Gasteiger partial charge in [-0.05, 0) is 34.6 Å². The Kier molecular flexibility index (Phi) is 3.00. The highest BCUT2D eigenvalue weighted by Gasteiger charge is 2.32. The third-order valence-corrected chi connectivity index (χ3v) is 1.93. The molecule has 1 fully saturated rings. The third-order valence-electron chi connectivity index (χ3n) is 1.93. The molecule has 0 amide bonds. The molecule has 1 atom stereocenters. The maximum atomic E-state index is 5.66. The minimum Gasteiger partial charge on any atom is -0.348 e. The molecule has 13 heavy (non-hydrogen) atoms. The lowest BCUT2D eigenvalue weighted by molar-refractivity contribution is -0.138. The normalized spacial score (nSPS) is 27.9. The van der Waals surface area contributed by atoms with Gasteiger partial charge in [0.25, 0.3) is 0 Å². The summed E-state index contributed by atoms with van der Waals surface area (Å²) in [6.07, 6.45) is 0.189. The van der Waals surface area contributed by atoms with E-state index >= 15 is 0 Å². The number of rotatable bonds is 2. The van der Waals surface area contributed by atoms with Gasteiger partial charge in [0.1, 0.15) is 0 Å². The molecule has 3 nitrogen and oxygen atoms in total. The Balaban J connectivity index is 2.25. The first-order valence-electron chi connectivity index (χ1n) is 4.85. The van der Waals surface area contributed by atoms with Gasteiger partial charge in [-0.3, -0.25) is 0 Å². The summed E-state index contributed by atoms with van der Waals surface area (Å²) in [5, 5.41) is 3.40. The summed E-state index contributed by atoms with van der Waals surface area (Å²) in [5.74, 6) is -0.399. The van der Waals surface area contributed by atoms with Gasteiger partial charge in [0.15, 0.2) is 5.79 Å². The van der Waals surface area contributed by atoms with E-state index in [1.54, 1.807) is 0 Å². The summed E-state index contributed by atoms with van der Waals surface area (Å²) in [4.78, 5) is 0. The molecule has 1 aliphatic rings. The molecule has 3 heteroatoms. The Morgan fingerprint density at radius 2 is 2.00 bits per heavy atom. The summed E-state index contributed by atoms with van der Waals surface area (Å²) in [5.41, 5.74) is 0.149. The molecule has 0 aromatic rings. The van der Waals surface area contributed by atoms with Crippen LogP contribution in [0.3, 0.4) is 0 Å². The van der Waals surface area contributed by atoms with Crippen molar-refractivity contribution >= 4 is 0 Å². The van der Waals surface area contributed by atoms with Crippen LogP contribution in [0.4, 0.5) is 0 Å². The Bertz CT molecular complexity index is 172. The highest BCUT2D eigenvalue weighted by atomic mass is 16.7. The standard InChI is InChI=1S/C10H21NO2/c1-9(2,3)11-6-8-7-12-10(4,5)13-8/h8,11H,6-7H2,1-5H3. The van der Waals surface area contributed by atoms with Gasteiger partial charge in [0.05, 0.1) is 12.7 Å². The first-order chi connectivity index (χ1) is 5.79. The molecule has 1 saturated heterocycles. The molecule has 0 bridgehead atoms. The Morgan fingerprint density at radius 3 is 2.38 bits per heavy atom. The van der Waals surface area contributed by atoms with Crippen LogP contribution in [-0.2, 0) is 9.47 Å². The molecule has 1 heterocycles. The van der Waals surface area contributed by atoms with Crippen molar-refractivity contribution in [1.29, 1.82) is 0 Å². The summed E-state index contributed by atoms with van der Waals surface area (Å²) < 4.78 is 11.1. The van der Waals surface area contributed by atoms with E-state index in [1.807, 2.05) is 13.8 Å². The molecular weight excluding hydrogens is 166 g/mol. The second-order valence-corrected chi connectivity index (χ2v) is 5.08. The van der Waals surface area contributed by atoms with Crippen LogP contribution in [0.25, 0.3) is 0 Å². The van der Waals surface area contributed by atoms with Crippen LogP contribution in [-0.4, -0.2) is 30.6 Å². The molecule has 0 aliphatic carbocycles. The Labute approximate surface area is 80.8 Å². The van der Waals surface area contributed by atoms with Crippen LogP contribution in [0.5, 0.6) is 0 Å². The van der Waals surface area contributed by atoms with Gasteiger partial charge in [-0.15, -0.1) is 0 Å². The molecule has 0 saturated carbocycles. The predicted octanol–water partition coefficient (Wildman–Crippen LogP) is 1.53.